The van der Waals surface area contributed by atoms with Gasteiger partial charge >= 0.3 is 47.8 Å². The van der Waals surface area contributed by atoms with E-state index in [1.165, 1.54) is 0 Å². The highest BCUT2D eigenvalue weighted by molar-refractivity contribution is 5.70. The van der Waals surface area contributed by atoms with Crippen LogP contribution in [0.2, 0.25) is 0 Å². The van der Waals surface area contributed by atoms with Crippen LogP contribution in [0.1, 0.15) is 78.7 Å². The van der Waals surface area contributed by atoms with E-state index < -0.39 is 145 Å². The number of benzene rings is 1. The molecular formula is C34H42O20. The van der Waals surface area contributed by atoms with Gasteiger partial charge in [0.15, 0.2) is 36.6 Å². The number of carbonyl (C=O) groups is 8. The summed E-state index contributed by atoms with van der Waals surface area (Å²) in [7, 11) is 0. The van der Waals surface area contributed by atoms with Gasteiger partial charge in [-0.05, 0) is 12.1 Å². The van der Waals surface area contributed by atoms with Crippen molar-refractivity contribution in [3.63, 3.8) is 0 Å². The van der Waals surface area contributed by atoms with E-state index >= 15 is 0 Å². The van der Waals surface area contributed by atoms with Crippen LogP contribution in [-0.2, 0) is 85.7 Å². The molecule has 0 aromatic heterocycles. The predicted octanol–water partition coefficient (Wildman–Crippen LogP) is 0.694. The Morgan fingerprint density at radius 3 is 0.963 bits per heavy atom. The maximum Gasteiger partial charge on any atom is 0.303 e. The highest BCUT2D eigenvalue weighted by Crippen LogP contribution is 2.50. The first kappa shape index (κ1) is 42.9. The first-order valence-electron chi connectivity index (χ1n) is 16.4. The molecule has 54 heavy (non-hydrogen) atoms. The standard InChI is InChI=1S/C34H42O20/c1-13(35)45-11-23-27(47-15(3)37)31(49-17(5)39)33(51-19(7)41)29(53-23)25-21(43)9-10-22(44)26(25)30-34(52-20(8)42)32(50-18(6)40)28(48-16(4)38)24(54-30)12-46-14(2)36/h9-10,23-24,27-34,43-44H,11-12H2,1-8H3/t23-,24-,27-,28-,29?,30?,31+,32+,33+,34+/m1/s1. The summed E-state index contributed by atoms with van der Waals surface area (Å²) in [5, 5.41) is 23.1. The second-order valence-corrected chi connectivity index (χ2v) is 12.2. The zero-order valence-corrected chi connectivity index (χ0v) is 30.6. The summed E-state index contributed by atoms with van der Waals surface area (Å²) in [5.74, 6) is -8.71. The molecule has 2 aliphatic rings. The molecule has 2 unspecified atom stereocenters. The molecule has 0 radical (unpaired) electrons. The number of phenols is 2. The number of aromatic hydroxyl groups is 2. The van der Waals surface area contributed by atoms with Crippen molar-refractivity contribution in [1.29, 1.82) is 0 Å². The number of phenolic OH excluding ortho intramolecular Hbond substituents is 2. The summed E-state index contributed by atoms with van der Waals surface area (Å²) in [6, 6.07) is 1.99. The quantitative estimate of drug-likeness (QED) is 0.168. The molecule has 298 valence electrons. The highest BCUT2D eigenvalue weighted by atomic mass is 16.7. The molecule has 0 spiro atoms. The summed E-state index contributed by atoms with van der Waals surface area (Å²) in [6.07, 6.45) is -16.9. The highest BCUT2D eigenvalue weighted by Gasteiger charge is 2.57. The molecule has 0 saturated carbocycles. The van der Waals surface area contributed by atoms with Crippen molar-refractivity contribution in [3.05, 3.63) is 23.3 Å². The number of ether oxygens (including phenoxy) is 10. The van der Waals surface area contributed by atoms with Gasteiger partial charge in [0.25, 0.3) is 0 Å². The lowest BCUT2D eigenvalue weighted by atomic mass is 9.83. The van der Waals surface area contributed by atoms with Crippen molar-refractivity contribution in [3.8, 4) is 11.5 Å². The van der Waals surface area contributed by atoms with Crippen molar-refractivity contribution in [2.24, 2.45) is 0 Å². The van der Waals surface area contributed by atoms with Crippen LogP contribution < -0.4 is 0 Å². The third-order valence-corrected chi connectivity index (χ3v) is 7.79. The van der Waals surface area contributed by atoms with Gasteiger partial charge in [-0.15, -0.1) is 0 Å². The maximum atomic E-state index is 12.6. The van der Waals surface area contributed by atoms with Crippen LogP contribution in [-0.4, -0.2) is 120 Å². The van der Waals surface area contributed by atoms with Crippen LogP contribution in [0, 0.1) is 0 Å². The number of esters is 8. The molecule has 2 heterocycles. The van der Waals surface area contributed by atoms with Gasteiger partial charge in [-0.25, -0.2) is 0 Å². The van der Waals surface area contributed by atoms with Gasteiger partial charge in [-0.2, -0.15) is 0 Å². The van der Waals surface area contributed by atoms with Crippen molar-refractivity contribution in [2.75, 3.05) is 13.2 Å². The Morgan fingerprint density at radius 2 is 0.704 bits per heavy atom. The maximum absolute atomic E-state index is 12.6. The second-order valence-electron chi connectivity index (χ2n) is 12.2. The third-order valence-electron chi connectivity index (χ3n) is 7.79. The number of hydrogen-bond donors (Lipinski definition) is 2. The molecule has 3 rings (SSSR count). The minimum absolute atomic E-state index is 0.464. The Bertz CT molecular complexity index is 1500. The van der Waals surface area contributed by atoms with Gasteiger partial charge in [0.05, 0.1) is 0 Å². The van der Waals surface area contributed by atoms with Gasteiger partial charge in [0.2, 0.25) is 0 Å². The summed E-state index contributed by atoms with van der Waals surface area (Å²) in [5.41, 5.74) is -0.929. The summed E-state index contributed by atoms with van der Waals surface area (Å²) in [6.45, 7) is 6.82. The minimum atomic E-state index is -1.82. The van der Waals surface area contributed by atoms with Gasteiger partial charge in [0, 0.05) is 66.5 Å². The molecule has 20 heteroatoms. The van der Waals surface area contributed by atoms with E-state index in [9.17, 15) is 48.6 Å². The lowest BCUT2D eigenvalue weighted by Crippen LogP contribution is -2.60. The van der Waals surface area contributed by atoms with Gasteiger partial charge in [0.1, 0.15) is 49.1 Å². The molecule has 20 nitrogen and oxygen atoms in total. The smallest absolute Gasteiger partial charge is 0.303 e. The Kier molecular flexibility index (Phi) is 14.7. The second kappa shape index (κ2) is 18.5. The van der Waals surface area contributed by atoms with E-state index in [0.717, 1.165) is 67.5 Å². The van der Waals surface area contributed by atoms with Crippen LogP contribution in [0.5, 0.6) is 11.5 Å². The Morgan fingerprint density at radius 1 is 0.444 bits per heavy atom. The number of hydrogen-bond acceptors (Lipinski definition) is 20. The first-order chi connectivity index (χ1) is 25.2. The van der Waals surface area contributed by atoms with Gasteiger partial charge < -0.3 is 57.6 Å². The van der Waals surface area contributed by atoms with Gasteiger partial charge in [-0.1, -0.05) is 0 Å². The van der Waals surface area contributed by atoms with E-state index in [1.807, 2.05) is 0 Å². The predicted molar refractivity (Wildman–Crippen MR) is 172 cm³/mol. The van der Waals surface area contributed by atoms with E-state index in [-0.39, 0.29) is 0 Å². The van der Waals surface area contributed by atoms with Crippen molar-refractivity contribution in [1.82, 2.24) is 0 Å². The zero-order valence-electron chi connectivity index (χ0n) is 30.6. The zero-order chi connectivity index (χ0) is 40.6. The fraction of sp³-hybridized carbons (Fsp3) is 0.588. The Hall–Kier alpha value is -5.50. The number of carbonyl (C=O) groups excluding carboxylic acids is 8. The van der Waals surface area contributed by atoms with Crippen LogP contribution in [0.4, 0.5) is 0 Å². The average Bonchev–Trinajstić information content (AvgIpc) is 3.03. The average molecular weight is 771 g/mol. The van der Waals surface area contributed by atoms with E-state index in [1.54, 1.807) is 0 Å². The largest absolute Gasteiger partial charge is 0.508 e. The lowest BCUT2D eigenvalue weighted by molar-refractivity contribution is -0.259. The molecule has 0 aliphatic carbocycles. The Balaban J connectivity index is 2.41. The first-order valence-corrected chi connectivity index (χ1v) is 16.4. The summed E-state index contributed by atoms with van der Waals surface area (Å²) >= 11 is 0. The van der Waals surface area contributed by atoms with E-state index in [0.29, 0.717) is 0 Å². The van der Waals surface area contributed by atoms with E-state index in [4.69, 9.17) is 47.4 Å². The van der Waals surface area contributed by atoms with Crippen LogP contribution >= 0.6 is 0 Å². The molecule has 2 saturated heterocycles. The molecule has 1 aromatic rings. The molecule has 2 fully saturated rings. The van der Waals surface area contributed by atoms with Crippen molar-refractivity contribution in [2.45, 2.75) is 116 Å². The SMILES string of the molecule is CC(=O)OC[C@H]1OC(c2c(O)ccc(O)c2C2O[C@H](COC(C)=O)[C@@H](OC(C)=O)[C@H](OC(C)=O)[C@H]2OC(C)=O)[C@H](OC(C)=O)[C@@H](OC(C)=O)[C@@H]1OC(C)=O. The Labute approximate surface area is 308 Å². The van der Waals surface area contributed by atoms with E-state index in [2.05, 4.69) is 0 Å². The monoisotopic (exact) mass is 770 g/mol. The fourth-order valence-corrected chi connectivity index (χ4v) is 6.13. The van der Waals surface area contributed by atoms with Gasteiger partial charge in [-0.3, -0.25) is 38.4 Å². The lowest BCUT2D eigenvalue weighted by Gasteiger charge is -2.47. The van der Waals surface area contributed by atoms with Crippen LogP contribution in [0.15, 0.2) is 12.1 Å². The van der Waals surface area contributed by atoms with Crippen molar-refractivity contribution < 1.29 is 95.9 Å². The molecule has 10 atom stereocenters. The normalized spacial score (nSPS) is 27.6. The summed E-state index contributed by atoms with van der Waals surface area (Å²) in [4.78, 5) is 98.3. The minimum Gasteiger partial charge on any atom is -0.508 e. The topological polar surface area (TPSA) is 269 Å². The summed E-state index contributed by atoms with van der Waals surface area (Å²) < 4.78 is 55.7. The van der Waals surface area contributed by atoms with Crippen molar-refractivity contribution >= 4 is 47.8 Å². The molecule has 0 amide bonds. The fourth-order valence-electron chi connectivity index (χ4n) is 6.13. The molecule has 2 N–H and O–H groups in total. The molecular weight excluding hydrogens is 728 g/mol. The molecule has 1 aromatic carbocycles. The third kappa shape index (κ3) is 11.0. The number of rotatable bonds is 12. The van der Waals surface area contributed by atoms with Crippen LogP contribution in [0.3, 0.4) is 0 Å². The molecule has 2 aliphatic heterocycles. The molecule has 0 bridgehead atoms. The van der Waals surface area contributed by atoms with Crippen LogP contribution in [0.25, 0.3) is 0 Å².